The first-order chi connectivity index (χ1) is 9.40. The van der Waals surface area contributed by atoms with Crippen molar-refractivity contribution in [3.05, 3.63) is 39.8 Å². The van der Waals surface area contributed by atoms with Crippen LogP contribution in [0.4, 0.5) is 0 Å². The van der Waals surface area contributed by atoms with Gasteiger partial charge in [-0.1, -0.05) is 27.5 Å². The van der Waals surface area contributed by atoms with E-state index in [2.05, 4.69) is 30.8 Å². The Morgan fingerprint density at radius 3 is 2.80 bits per heavy atom. The number of aromatic nitrogens is 3. The van der Waals surface area contributed by atoms with Crippen molar-refractivity contribution in [1.29, 1.82) is 0 Å². The Morgan fingerprint density at radius 1 is 1.45 bits per heavy atom. The molecule has 9 heteroatoms. The predicted octanol–water partition coefficient (Wildman–Crippen LogP) is 1.75. The van der Waals surface area contributed by atoms with Gasteiger partial charge in [-0.05, 0) is 18.2 Å². The van der Waals surface area contributed by atoms with Crippen LogP contribution in [-0.4, -0.2) is 29.7 Å². The highest BCUT2D eigenvalue weighted by atomic mass is 79.9. The first kappa shape index (κ1) is 15.4. The van der Waals surface area contributed by atoms with Crippen molar-refractivity contribution in [3.8, 4) is 0 Å². The molecule has 1 heterocycles. The molecular formula is C11H12BrClN4O2S. The third-order valence-electron chi connectivity index (χ3n) is 2.63. The van der Waals surface area contributed by atoms with Crippen molar-refractivity contribution in [2.75, 3.05) is 6.54 Å². The fraction of sp³-hybridized carbons (Fsp3) is 0.273. The number of hydrogen-bond donors (Lipinski definition) is 1. The first-order valence-corrected chi connectivity index (χ1v) is 8.33. The van der Waals surface area contributed by atoms with Crippen LogP contribution in [0.2, 0.25) is 5.02 Å². The molecule has 6 nitrogen and oxygen atoms in total. The van der Waals surface area contributed by atoms with Gasteiger partial charge in [-0.15, -0.1) is 10.2 Å². The average molecular weight is 380 g/mol. The molecular weight excluding hydrogens is 368 g/mol. The average Bonchev–Trinajstić information content (AvgIpc) is 2.74. The van der Waals surface area contributed by atoms with E-state index in [1.54, 1.807) is 30.1 Å². The molecule has 0 amide bonds. The fourth-order valence-electron chi connectivity index (χ4n) is 1.60. The van der Waals surface area contributed by atoms with E-state index in [4.69, 9.17) is 11.6 Å². The van der Waals surface area contributed by atoms with Crippen LogP contribution in [0.1, 0.15) is 5.82 Å². The molecule has 0 fully saturated rings. The van der Waals surface area contributed by atoms with Gasteiger partial charge in [0, 0.05) is 24.5 Å². The third-order valence-corrected chi connectivity index (χ3v) is 5.07. The molecule has 2 rings (SSSR count). The molecule has 0 radical (unpaired) electrons. The summed E-state index contributed by atoms with van der Waals surface area (Å²) in [7, 11) is -1.83. The first-order valence-electron chi connectivity index (χ1n) is 5.68. The maximum atomic E-state index is 12.1. The van der Waals surface area contributed by atoms with Gasteiger partial charge in [0.05, 0.1) is 5.02 Å². The monoisotopic (exact) mass is 378 g/mol. The van der Waals surface area contributed by atoms with Crippen LogP contribution in [0.3, 0.4) is 0 Å². The number of benzene rings is 1. The van der Waals surface area contributed by atoms with Crippen molar-refractivity contribution in [2.45, 2.75) is 11.3 Å². The van der Waals surface area contributed by atoms with Crippen LogP contribution in [0.25, 0.3) is 0 Å². The molecule has 0 bridgehead atoms. The van der Waals surface area contributed by atoms with Gasteiger partial charge < -0.3 is 4.57 Å². The Kier molecular flexibility index (Phi) is 4.79. The highest BCUT2D eigenvalue weighted by Gasteiger charge is 2.17. The lowest BCUT2D eigenvalue weighted by atomic mass is 10.4. The minimum Gasteiger partial charge on any atom is -0.321 e. The van der Waals surface area contributed by atoms with Gasteiger partial charge in [-0.3, -0.25) is 0 Å². The molecule has 20 heavy (non-hydrogen) atoms. The third kappa shape index (κ3) is 3.57. The molecule has 0 spiro atoms. The predicted molar refractivity (Wildman–Crippen MR) is 79.0 cm³/mol. The second-order valence-electron chi connectivity index (χ2n) is 4.08. The summed E-state index contributed by atoms with van der Waals surface area (Å²) in [4.78, 5) is 0.0559. The zero-order valence-corrected chi connectivity index (χ0v) is 13.7. The quantitative estimate of drug-likeness (QED) is 0.858. The number of nitrogens with zero attached hydrogens (tertiary/aromatic N) is 3. The Bertz CT molecular complexity index is 717. The highest BCUT2D eigenvalue weighted by molar-refractivity contribution is 9.10. The molecule has 0 aliphatic carbocycles. The van der Waals surface area contributed by atoms with Gasteiger partial charge in [-0.25, -0.2) is 13.1 Å². The Hall–Kier alpha value is -0.960. The molecule has 1 aromatic carbocycles. The van der Waals surface area contributed by atoms with Crippen molar-refractivity contribution in [1.82, 2.24) is 19.5 Å². The summed E-state index contributed by atoms with van der Waals surface area (Å²) in [6.07, 6.45) is 2.01. The molecule has 0 atom stereocenters. The van der Waals surface area contributed by atoms with E-state index in [-0.39, 0.29) is 16.5 Å². The van der Waals surface area contributed by atoms with Crippen molar-refractivity contribution in [2.24, 2.45) is 7.05 Å². The number of nitrogens with one attached hydrogen (secondary N) is 1. The molecule has 0 saturated heterocycles. The van der Waals surface area contributed by atoms with Gasteiger partial charge >= 0.3 is 0 Å². The van der Waals surface area contributed by atoms with E-state index in [1.165, 1.54) is 6.07 Å². The number of aryl methyl sites for hydroxylation is 1. The van der Waals surface area contributed by atoms with E-state index >= 15 is 0 Å². The van der Waals surface area contributed by atoms with Gasteiger partial charge in [0.1, 0.15) is 17.0 Å². The van der Waals surface area contributed by atoms with E-state index in [0.717, 1.165) is 4.47 Å². The van der Waals surface area contributed by atoms with Crippen molar-refractivity contribution in [3.63, 3.8) is 0 Å². The summed E-state index contributed by atoms with van der Waals surface area (Å²) < 4.78 is 29.2. The lowest BCUT2D eigenvalue weighted by Crippen LogP contribution is -2.26. The number of sulfonamides is 1. The highest BCUT2D eigenvalue weighted by Crippen LogP contribution is 2.24. The lowest BCUT2D eigenvalue weighted by molar-refractivity contribution is 0.580. The zero-order valence-electron chi connectivity index (χ0n) is 10.5. The fourth-order valence-corrected chi connectivity index (χ4v) is 3.67. The second kappa shape index (κ2) is 6.21. The van der Waals surface area contributed by atoms with Gasteiger partial charge in [-0.2, -0.15) is 0 Å². The van der Waals surface area contributed by atoms with Crippen LogP contribution >= 0.6 is 27.5 Å². The summed E-state index contributed by atoms with van der Waals surface area (Å²) in [6.45, 7) is 0.223. The molecule has 0 aliphatic rings. The van der Waals surface area contributed by atoms with E-state index in [1.807, 2.05) is 0 Å². The van der Waals surface area contributed by atoms with Gasteiger partial charge in [0.25, 0.3) is 0 Å². The summed E-state index contributed by atoms with van der Waals surface area (Å²) in [5.74, 6) is 0.703. The molecule has 0 aliphatic heterocycles. The van der Waals surface area contributed by atoms with E-state index in [9.17, 15) is 8.42 Å². The van der Waals surface area contributed by atoms with Crippen LogP contribution in [-0.2, 0) is 23.5 Å². The number of halogens is 2. The Morgan fingerprint density at radius 2 is 2.20 bits per heavy atom. The summed E-state index contributed by atoms with van der Waals surface area (Å²) in [6, 6.07) is 4.62. The van der Waals surface area contributed by atoms with Crippen LogP contribution < -0.4 is 4.72 Å². The SMILES string of the molecule is Cn1cnnc1CCNS(=O)(=O)c1ccc(Br)cc1Cl. The Labute approximate surface area is 130 Å². The van der Waals surface area contributed by atoms with Crippen LogP contribution in [0.5, 0.6) is 0 Å². The van der Waals surface area contributed by atoms with Crippen molar-refractivity contribution < 1.29 is 8.42 Å². The molecule has 0 unspecified atom stereocenters. The van der Waals surface area contributed by atoms with E-state index < -0.39 is 10.0 Å². The second-order valence-corrected chi connectivity index (χ2v) is 7.14. The number of rotatable bonds is 5. The molecule has 0 saturated carbocycles. The topological polar surface area (TPSA) is 76.9 Å². The molecule has 2 aromatic rings. The largest absolute Gasteiger partial charge is 0.321 e. The van der Waals surface area contributed by atoms with Gasteiger partial charge in [0.2, 0.25) is 10.0 Å². The maximum Gasteiger partial charge on any atom is 0.242 e. The van der Waals surface area contributed by atoms with Crippen LogP contribution in [0.15, 0.2) is 33.9 Å². The minimum atomic E-state index is -3.63. The normalized spacial score (nSPS) is 11.8. The lowest BCUT2D eigenvalue weighted by Gasteiger charge is -2.08. The zero-order chi connectivity index (χ0) is 14.8. The summed E-state index contributed by atoms with van der Waals surface area (Å²) >= 11 is 9.17. The standard InChI is InChI=1S/C11H12BrClN4O2S/c1-17-7-14-16-11(17)4-5-15-20(18,19)10-3-2-8(12)6-9(10)13/h2-3,6-7,15H,4-5H2,1H3. The number of hydrogen-bond acceptors (Lipinski definition) is 4. The Balaban J connectivity index is 2.06. The molecule has 1 aromatic heterocycles. The molecule has 108 valence electrons. The summed E-state index contributed by atoms with van der Waals surface area (Å²) in [5, 5.41) is 7.78. The smallest absolute Gasteiger partial charge is 0.242 e. The van der Waals surface area contributed by atoms with Crippen LogP contribution in [0, 0.1) is 0 Å². The van der Waals surface area contributed by atoms with Crippen molar-refractivity contribution >= 4 is 37.6 Å². The molecule has 1 N–H and O–H groups in total. The van der Waals surface area contributed by atoms with Gasteiger partial charge in [0.15, 0.2) is 0 Å². The maximum absolute atomic E-state index is 12.1. The van der Waals surface area contributed by atoms with E-state index in [0.29, 0.717) is 12.2 Å². The summed E-state index contributed by atoms with van der Waals surface area (Å²) in [5.41, 5.74) is 0. The minimum absolute atomic E-state index is 0.0559.